The molecule has 1 atom stereocenters. The van der Waals surface area contributed by atoms with E-state index in [2.05, 4.69) is 13.5 Å². The van der Waals surface area contributed by atoms with Gasteiger partial charge < -0.3 is 5.11 Å². The maximum Gasteiger partial charge on any atom is 0.0540 e. The Kier molecular flexibility index (Phi) is 14.5. The van der Waals surface area contributed by atoms with Gasteiger partial charge >= 0.3 is 0 Å². The van der Waals surface area contributed by atoms with Crippen molar-refractivity contribution in [1.29, 1.82) is 0 Å². The third-order valence-electron chi connectivity index (χ3n) is 3.59. The Hall–Kier alpha value is -0.300. The fourth-order valence-corrected chi connectivity index (χ4v) is 2.33. The second kappa shape index (κ2) is 14.8. The van der Waals surface area contributed by atoms with Gasteiger partial charge in [0, 0.05) is 0 Å². The fourth-order valence-electron chi connectivity index (χ4n) is 2.33. The Morgan fingerprint density at radius 3 is 1.89 bits per heavy atom. The van der Waals surface area contributed by atoms with Crippen LogP contribution in [0.1, 0.15) is 90.4 Å². The largest absolute Gasteiger partial charge is 0.393 e. The predicted molar refractivity (Wildman–Crippen MR) is 81.9 cm³/mol. The van der Waals surface area contributed by atoms with Crippen molar-refractivity contribution in [1.82, 2.24) is 0 Å². The monoisotopic (exact) mass is 254 g/mol. The molecule has 0 aliphatic carbocycles. The molecule has 18 heavy (non-hydrogen) atoms. The molecule has 0 aliphatic rings. The van der Waals surface area contributed by atoms with Crippen molar-refractivity contribution in [2.24, 2.45) is 0 Å². The number of hydrogen-bond acceptors (Lipinski definition) is 1. The van der Waals surface area contributed by atoms with E-state index in [-0.39, 0.29) is 6.10 Å². The van der Waals surface area contributed by atoms with E-state index in [0.717, 1.165) is 19.3 Å². The molecule has 108 valence electrons. The van der Waals surface area contributed by atoms with Crippen LogP contribution in [0.3, 0.4) is 0 Å². The third kappa shape index (κ3) is 13.8. The molecule has 0 aromatic heterocycles. The molecule has 0 aliphatic heterocycles. The second-order valence-corrected chi connectivity index (χ2v) is 5.49. The van der Waals surface area contributed by atoms with Gasteiger partial charge in [0.15, 0.2) is 0 Å². The lowest BCUT2D eigenvalue weighted by molar-refractivity contribution is 0.147. The highest BCUT2D eigenvalue weighted by Crippen LogP contribution is 2.13. The highest BCUT2D eigenvalue weighted by atomic mass is 16.3. The molecular formula is C17H34O. The number of aliphatic hydroxyl groups excluding tert-OH is 1. The molecule has 0 saturated heterocycles. The Balaban J connectivity index is 3.11. The topological polar surface area (TPSA) is 20.2 Å². The van der Waals surface area contributed by atoms with Crippen LogP contribution in [0.4, 0.5) is 0 Å². The summed E-state index contributed by atoms with van der Waals surface area (Å²) >= 11 is 0. The van der Waals surface area contributed by atoms with Gasteiger partial charge in [-0.25, -0.2) is 0 Å². The average Bonchev–Trinajstić information content (AvgIpc) is 2.37. The van der Waals surface area contributed by atoms with E-state index in [9.17, 15) is 5.11 Å². The summed E-state index contributed by atoms with van der Waals surface area (Å²) < 4.78 is 0. The van der Waals surface area contributed by atoms with Crippen molar-refractivity contribution in [2.75, 3.05) is 0 Å². The number of rotatable bonds is 14. The van der Waals surface area contributed by atoms with Crippen LogP contribution in [0.2, 0.25) is 0 Å². The van der Waals surface area contributed by atoms with E-state index in [1.807, 2.05) is 6.08 Å². The van der Waals surface area contributed by atoms with E-state index < -0.39 is 0 Å². The maximum absolute atomic E-state index is 9.83. The van der Waals surface area contributed by atoms with Crippen LogP contribution in [-0.2, 0) is 0 Å². The normalized spacial score (nSPS) is 12.6. The minimum Gasteiger partial charge on any atom is -0.393 e. The van der Waals surface area contributed by atoms with E-state index in [0.29, 0.717) is 0 Å². The summed E-state index contributed by atoms with van der Waals surface area (Å²) in [5.41, 5.74) is 0. The highest BCUT2D eigenvalue weighted by molar-refractivity contribution is 4.66. The maximum atomic E-state index is 9.83. The van der Waals surface area contributed by atoms with Gasteiger partial charge in [-0.3, -0.25) is 0 Å². The Morgan fingerprint density at radius 1 is 0.833 bits per heavy atom. The van der Waals surface area contributed by atoms with E-state index >= 15 is 0 Å². The molecule has 1 nitrogen and oxygen atoms in total. The first kappa shape index (κ1) is 17.7. The van der Waals surface area contributed by atoms with Crippen LogP contribution in [0.5, 0.6) is 0 Å². The van der Waals surface area contributed by atoms with Crippen molar-refractivity contribution >= 4 is 0 Å². The molecule has 0 aromatic rings. The first-order valence-electron chi connectivity index (χ1n) is 8.10. The van der Waals surface area contributed by atoms with E-state index in [4.69, 9.17) is 0 Å². The quantitative estimate of drug-likeness (QED) is 0.315. The van der Waals surface area contributed by atoms with Crippen molar-refractivity contribution in [3.63, 3.8) is 0 Å². The molecule has 0 fully saturated rings. The molecule has 0 unspecified atom stereocenters. The van der Waals surface area contributed by atoms with Gasteiger partial charge in [0.2, 0.25) is 0 Å². The summed E-state index contributed by atoms with van der Waals surface area (Å²) in [4.78, 5) is 0. The zero-order valence-corrected chi connectivity index (χ0v) is 12.5. The van der Waals surface area contributed by atoms with Crippen molar-refractivity contribution in [3.8, 4) is 0 Å². The van der Waals surface area contributed by atoms with Crippen LogP contribution in [-0.4, -0.2) is 11.2 Å². The molecule has 0 heterocycles. The summed E-state index contributed by atoms with van der Waals surface area (Å²) in [6.07, 6.45) is 18.0. The molecule has 0 rings (SSSR count). The number of aliphatic hydroxyl groups is 1. The molecular weight excluding hydrogens is 220 g/mol. The first-order chi connectivity index (χ1) is 8.81. The minimum absolute atomic E-state index is 0.0515. The second-order valence-electron chi connectivity index (χ2n) is 5.49. The van der Waals surface area contributed by atoms with E-state index in [1.165, 1.54) is 64.2 Å². The Bertz CT molecular complexity index is 165. The van der Waals surface area contributed by atoms with E-state index in [1.54, 1.807) is 0 Å². The van der Waals surface area contributed by atoms with Gasteiger partial charge in [0.1, 0.15) is 0 Å². The molecule has 1 N–H and O–H groups in total. The van der Waals surface area contributed by atoms with Crippen LogP contribution in [0, 0.1) is 0 Å². The Morgan fingerprint density at radius 2 is 1.33 bits per heavy atom. The van der Waals surface area contributed by atoms with Crippen molar-refractivity contribution in [2.45, 2.75) is 96.5 Å². The summed E-state index contributed by atoms with van der Waals surface area (Å²) in [7, 11) is 0. The molecule has 0 aromatic carbocycles. The van der Waals surface area contributed by atoms with Gasteiger partial charge in [0.05, 0.1) is 6.10 Å². The number of hydrogen-bond donors (Lipinski definition) is 1. The SMILES string of the molecule is C=CCCCCC[C@H](O)CCCCCCCCC. The summed E-state index contributed by atoms with van der Waals surface area (Å²) in [6.45, 7) is 5.98. The summed E-state index contributed by atoms with van der Waals surface area (Å²) in [5.74, 6) is 0. The lowest BCUT2D eigenvalue weighted by Crippen LogP contribution is -2.05. The summed E-state index contributed by atoms with van der Waals surface area (Å²) in [6, 6.07) is 0. The molecule has 1 heteroatoms. The number of allylic oxidation sites excluding steroid dienone is 1. The molecule has 0 radical (unpaired) electrons. The lowest BCUT2D eigenvalue weighted by Gasteiger charge is -2.10. The fraction of sp³-hybridized carbons (Fsp3) is 0.882. The van der Waals surface area contributed by atoms with Crippen molar-refractivity contribution in [3.05, 3.63) is 12.7 Å². The number of unbranched alkanes of at least 4 members (excludes halogenated alkanes) is 9. The van der Waals surface area contributed by atoms with Crippen molar-refractivity contribution < 1.29 is 5.11 Å². The van der Waals surface area contributed by atoms with Crippen LogP contribution in [0.15, 0.2) is 12.7 Å². The molecule has 0 amide bonds. The molecule has 0 bridgehead atoms. The molecule has 0 saturated carbocycles. The summed E-state index contributed by atoms with van der Waals surface area (Å²) in [5, 5.41) is 9.83. The van der Waals surface area contributed by atoms with Crippen LogP contribution in [0.25, 0.3) is 0 Å². The zero-order valence-electron chi connectivity index (χ0n) is 12.5. The van der Waals surface area contributed by atoms with Gasteiger partial charge in [-0.15, -0.1) is 6.58 Å². The van der Waals surface area contributed by atoms with Crippen LogP contribution >= 0.6 is 0 Å². The smallest absolute Gasteiger partial charge is 0.0540 e. The highest BCUT2D eigenvalue weighted by Gasteiger charge is 2.03. The zero-order chi connectivity index (χ0) is 13.5. The van der Waals surface area contributed by atoms with Gasteiger partial charge in [0.25, 0.3) is 0 Å². The van der Waals surface area contributed by atoms with Gasteiger partial charge in [-0.05, 0) is 25.7 Å². The predicted octanol–water partition coefficient (Wildman–Crippen LogP) is 5.62. The third-order valence-corrected chi connectivity index (χ3v) is 3.59. The standard InChI is InChI=1S/C17H34O/c1-3-5-7-9-10-12-14-16-17(18)15-13-11-8-6-4-2/h4,17-18H,2-3,5-16H2,1H3/t17-/m0/s1. The lowest BCUT2D eigenvalue weighted by atomic mass is 10.0. The average molecular weight is 254 g/mol. The minimum atomic E-state index is -0.0515. The van der Waals surface area contributed by atoms with Gasteiger partial charge in [-0.1, -0.05) is 70.8 Å². The molecule has 0 spiro atoms. The first-order valence-corrected chi connectivity index (χ1v) is 8.10. The van der Waals surface area contributed by atoms with Crippen LogP contribution < -0.4 is 0 Å². The van der Waals surface area contributed by atoms with Gasteiger partial charge in [-0.2, -0.15) is 0 Å². The Labute approximate surface area is 115 Å².